The summed E-state index contributed by atoms with van der Waals surface area (Å²) in [6.07, 6.45) is 6.45. The molecule has 0 radical (unpaired) electrons. The molecule has 0 bridgehead atoms. The van der Waals surface area contributed by atoms with E-state index in [1.807, 2.05) is 19.1 Å². The Morgan fingerprint density at radius 3 is 2.50 bits per heavy atom. The molecule has 1 aromatic carbocycles. The summed E-state index contributed by atoms with van der Waals surface area (Å²) in [5.41, 5.74) is 1.28. The first-order valence-electron chi connectivity index (χ1n) is 9.58. The highest BCUT2D eigenvalue weighted by Gasteiger charge is 2.37. The normalized spacial score (nSPS) is 17.5. The van der Waals surface area contributed by atoms with Crippen LogP contribution in [0.5, 0.6) is 5.75 Å². The van der Waals surface area contributed by atoms with E-state index in [0.717, 1.165) is 25.1 Å². The van der Waals surface area contributed by atoms with Gasteiger partial charge in [-0.3, -0.25) is 4.99 Å². The van der Waals surface area contributed by atoms with Crippen molar-refractivity contribution in [3.05, 3.63) is 29.8 Å². The molecule has 2 N–H and O–H groups in total. The monoisotopic (exact) mass is 523 g/mol. The fourth-order valence-corrected chi connectivity index (χ4v) is 4.60. The van der Waals surface area contributed by atoms with Gasteiger partial charge in [-0.25, -0.2) is 8.42 Å². The molecule has 1 saturated carbocycles. The molecule has 0 heterocycles. The number of methoxy groups -OCH3 is 1. The summed E-state index contributed by atoms with van der Waals surface area (Å²) in [5.74, 6) is 1.81. The molecule has 1 aromatic rings. The van der Waals surface area contributed by atoms with Crippen molar-refractivity contribution in [3.63, 3.8) is 0 Å². The Morgan fingerprint density at radius 1 is 1.29 bits per heavy atom. The van der Waals surface area contributed by atoms with Crippen LogP contribution in [-0.2, 0) is 15.3 Å². The lowest BCUT2D eigenvalue weighted by Gasteiger charge is -2.32. The number of hydrogen-bond donors (Lipinski definition) is 2. The van der Waals surface area contributed by atoms with Gasteiger partial charge >= 0.3 is 0 Å². The molecule has 28 heavy (non-hydrogen) atoms. The lowest BCUT2D eigenvalue weighted by molar-refractivity contribution is 0.371. The van der Waals surface area contributed by atoms with Crippen molar-refractivity contribution < 1.29 is 13.2 Å². The van der Waals surface area contributed by atoms with Crippen molar-refractivity contribution in [2.24, 2.45) is 4.99 Å². The Balaban J connectivity index is 0.00000392. The van der Waals surface area contributed by atoms with Crippen molar-refractivity contribution in [2.45, 2.75) is 50.5 Å². The zero-order chi connectivity index (χ0) is 19.9. The van der Waals surface area contributed by atoms with Gasteiger partial charge in [-0.15, -0.1) is 24.0 Å². The van der Waals surface area contributed by atoms with Crippen LogP contribution in [0.3, 0.4) is 0 Å². The Morgan fingerprint density at radius 2 is 1.93 bits per heavy atom. The average Bonchev–Trinajstić information content (AvgIpc) is 3.12. The Bertz CT molecular complexity index is 747. The van der Waals surface area contributed by atoms with Crippen LogP contribution in [0.25, 0.3) is 0 Å². The Hall–Kier alpha value is -1.03. The van der Waals surface area contributed by atoms with Crippen molar-refractivity contribution >= 4 is 39.8 Å². The molecular weight excluding hydrogens is 489 g/mol. The molecule has 0 aliphatic heterocycles. The molecular formula is C20H34IN3O3S. The molecule has 6 nitrogen and oxygen atoms in total. The van der Waals surface area contributed by atoms with Crippen LogP contribution in [0.4, 0.5) is 0 Å². The van der Waals surface area contributed by atoms with E-state index >= 15 is 0 Å². The zero-order valence-electron chi connectivity index (χ0n) is 17.3. The molecule has 0 amide bonds. The molecule has 1 fully saturated rings. The number of para-hydroxylation sites is 1. The van der Waals surface area contributed by atoms with Gasteiger partial charge in [0.2, 0.25) is 0 Å². The highest BCUT2D eigenvalue weighted by atomic mass is 127. The maximum atomic E-state index is 11.4. The van der Waals surface area contributed by atoms with Gasteiger partial charge in [-0.1, -0.05) is 31.0 Å². The van der Waals surface area contributed by atoms with E-state index in [-0.39, 0.29) is 41.2 Å². The summed E-state index contributed by atoms with van der Waals surface area (Å²) in [4.78, 5) is 4.31. The van der Waals surface area contributed by atoms with Crippen LogP contribution < -0.4 is 15.4 Å². The van der Waals surface area contributed by atoms with Crippen LogP contribution in [0.15, 0.2) is 29.3 Å². The number of aliphatic imine (C=N–C) groups is 1. The smallest absolute Gasteiger partial charge is 0.191 e. The fraction of sp³-hybridized carbons (Fsp3) is 0.650. The predicted octanol–water partition coefficient (Wildman–Crippen LogP) is 3.11. The molecule has 2 rings (SSSR count). The highest BCUT2D eigenvalue weighted by molar-refractivity contribution is 14.0. The van der Waals surface area contributed by atoms with Gasteiger partial charge in [0.25, 0.3) is 0 Å². The third-order valence-electron chi connectivity index (χ3n) is 5.36. The molecule has 1 atom stereocenters. The van der Waals surface area contributed by atoms with E-state index in [9.17, 15) is 8.42 Å². The first-order valence-corrected chi connectivity index (χ1v) is 11.6. The Labute approximate surface area is 186 Å². The second kappa shape index (κ2) is 11.2. The SMILES string of the molecule is CN=C(NCC1(c2ccccc2OC)CCCC1)NC(C)CCS(C)(=O)=O.I. The lowest BCUT2D eigenvalue weighted by Crippen LogP contribution is -2.47. The number of hydrogen-bond acceptors (Lipinski definition) is 4. The quantitative estimate of drug-likeness (QED) is 0.311. The minimum atomic E-state index is -2.95. The van der Waals surface area contributed by atoms with Crippen molar-refractivity contribution in [3.8, 4) is 5.75 Å². The molecule has 0 aromatic heterocycles. The summed E-state index contributed by atoms with van der Waals surface area (Å²) < 4.78 is 28.3. The number of nitrogens with one attached hydrogen (secondary N) is 2. The molecule has 160 valence electrons. The van der Waals surface area contributed by atoms with Gasteiger partial charge in [-0.05, 0) is 32.3 Å². The van der Waals surface area contributed by atoms with Crippen molar-refractivity contribution in [1.82, 2.24) is 10.6 Å². The molecule has 0 spiro atoms. The minimum Gasteiger partial charge on any atom is -0.496 e. The van der Waals surface area contributed by atoms with Crippen LogP contribution in [0.2, 0.25) is 0 Å². The topological polar surface area (TPSA) is 79.8 Å². The third kappa shape index (κ3) is 7.09. The lowest BCUT2D eigenvalue weighted by atomic mass is 9.78. The number of nitrogens with zero attached hydrogens (tertiary/aromatic N) is 1. The van der Waals surface area contributed by atoms with Gasteiger partial charge in [0.15, 0.2) is 5.96 Å². The van der Waals surface area contributed by atoms with Crippen LogP contribution >= 0.6 is 24.0 Å². The standard InChI is InChI=1S/C20H33N3O3S.HI/c1-16(11-14-27(4,24)25)23-19(21-2)22-15-20(12-7-8-13-20)17-9-5-6-10-18(17)26-3;/h5-6,9-10,16H,7-8,11-15H2,1-4H3,(H2,21,22,23);1H. The minimum absolute atomic E-state index is 0. The van der Waals surface area contributed by atoms with Crippen molar-refractivity contribution in [1.29, 1.82) is 0 Å². The fourth-order valence-electron chi connectivity index (χ4n) is 3.82. The van der Waals surface area contributed by atoms with E-state index in [4.69, 9.17) is 4.74 Å². The van der Waals surface area contributed by atoms with E-state index in [1.54, 1.807) is 14.2 Å². The van der Waals surface area contributed by atoms with E-state index in [1.165, 1.54) is 24.7 Å². The Kier molecular flexibility index (Phi) is 10.0. The van der Waals surface area contributed by atoms with Gasteiger partial charge in [0.1, 0.15) is 15.6 Å². The van der Waals surface area contributed by atoms with E-state index in [0.29, 0.717) is 12.4 Å². The first kappa shape index (κ1) is 25.0. The number of guanidine groups is 1. The maximum absolute atomic E-state index is 11.4. The van der Waals surface area contributed by atoms with Crippen LogP contribution in [0, 0.1) is 0 Å². The highest BCUT2D eigenvalue weighted by Crippen LogP contribution is 2.44. The van der Waals surface area contributed by atoms with Crippen LogP contribution in [-0.4, -0.2) is 53.1 Å². The summed E-state index contributed by atoms with van der Waals surface area (Å²) >= 11 is 0. The molecule has 8 heteroatoms. The molecule has 1 aliphatic carbocycles. The third-order valence-corrected chi connectivity index (χ3v) is 6.34. The van der Waals surface area contributed by atoms with Gasteiger partial charge < -0.3 is 15.4 Å². The number of halogens is 1. The van der Waals surface area contributed by atoms with Crippen molar-refractivity contribution in [2.75, 3.05) is 32.7 Å². The van der Waals surface area contributed by atoms with E-state index in [2.05, 4.69) is 27.8 Å². The van der Waals surface area contributed by atoms with Gasteiger partial charge in [0.05, 0.1) is 12.9 Å². The number of ether oxygens (including phenoxy) is 1. The van der Waals surface area contributed by atoms with Gasteiger partial charge in [0, 0.05) is 36.9 Å². The van der Waals surface area contributed by atoms with Gasteiger partial charge in [-0.2, -0.15) is 0 Å². The summed E-state index contributed by atoms with van der Waals surface area (Å²) in [5, 5.41) is 6.77. The average molecular weight is 523 g/mol. The predicted molar refractivity (Wildman–Crippen MR) is 127 cm³/mol. The first-order chi connectivity index (χ1) is 12.8. The number of benzene rings is 1. The molecule has 1 unspecified atom stereocenters. The van der Waals surface area contributed by atoms with Crippen LogP contribution in [0.1, 0.15) is 44.6 Å². The second-order valence-corrected chi connectivity index (χ2v) is 9.84. The molecule has 1 aliphatic rings. The molecule has 0 saturated heterocycles. The zero-order valence-corrected chi connectivity index (χ0v) is 20.5. The summed E-state index contributed by atoms with van der Waals surface area (Å²) in [7, 11) is 0.505. The number of rotatable bonds is 8. The summed E-state index contributed by atoms with van der Waals surface area (Å²) in [6, 6.07) is 8.28. The largest absolute Gasteiger partial charge is 0.496 e. The summed E-state index contributed by atoms with van der Waals surface area (Å²) in [6.45, 7) is 2.75. The number of sulfone groups is 1. The second-order valence-electron chi connectivity index (χ2n) is 7.58. The van der Waals surface area contributed by atoms with E-state index < -0.39 is 9.84 Å². The maximum Gasteiger partial charge on any atom is 0.191 e.